The molecule has 1 aliphatic rings. The maximum absolute atomic E-state index is 12.8. The number of nitrogens with one attached hydrogen (secondary N) is 1. The fourth-order valence-electron chi connectivity index (χ4n) is 3.00. The van der Waals surface area contributed by atoms with Crippen LogP contribution in [0.4, 0.5) is 11.4 Å². The van der Waals surface area contributed by atoms with Crippen molar-refractivity contribution < 1.29 is 19.1 Å². The standard InChI is InChI=1S/C20H20N2O4/c1-3-26-20(25)14-9-5-6-10-15(14)21-16-12-18(23)22(19(16)24)17-11-7-4-8-13(17)2/h4-11,16,21H,3,12H2,1-2H3/t16-/m0/s1. The van der Waals surface area contributed by atoms with Crippen LogP contribution < -0.4 is 10.2 Å². The Hall–Kier alpha value is -3.15. The Morgan fingerprint density at radius 3 is 2.58 bits per heavy atom. The van der Waals surface area contributed by atoms with Crippen molar-refractivity contribution in [2.24, 2.45) is 0 Å². The van der Waals surface area contributed by atoms with Gasteiger partial charge < -0.3 is 10.1 Å². The highest BCUT2D eigenvalue weighted by Gasteiger charge is 2.40. The fourth-order valence-corrected chi connectivity index (χ4v) is 3.00. The molecule has 1 aliphatic heterocycles. The zero-order valence-corrected chi connectivity index (χ0v) is 14.7. The quantitative estimate of drug-likeness (QED) is 0.661. The van der Waals surface area contributed by atoms with Gasteiger partial charge in [0.25, 0.3) is 5.91 Å². The molecule has 2 amide bonds. The van der Waals surface area contributed by atoms with Gasteiger partial charge in [0, 0.05) is 5.69 Å². The second-order valence-electron chi connectivity index (χ2n) is 6.02. The van der Waals surface area contributed by atoms with Gasteiger partial charge in [0.05, 0.1) is 24.3 Å². The monoisotopic (exact) mass is 352 g/mol. The van der Waals surface area contributed by atoms with E-state index in [1.807, 2.05) is 19.1 Å². The van der Waals surface area contributed by atoms with Gasteiger partial charge >= 0.3 is 5.97 Å². The number of hydrogen-bond acceptors (Lipinski definition) is 5. The fraction of sp³-hybridized carbons (Fsp3) is 0.250. The smallest absolute Gasteiger partial charge is 0.340 e. The van der Waals surface area contributed by atoms with Crippen molar-refractivity contribution in [3.05, 3.63) is 59.7 Å². The van der Waals surface area contributed by atoms with Crippen molar-refractivity contribution in [1.82, 2.24) is 0 Å². The van der Waals surface area contributed by atoms with Crippen LogP contribution in [0.15, 0.2) is 48.5 Å². The zero-order chi connectivity index (χ0) is 18.7. The molecule has 0 aromatic heterocycles. The van der Waals surface area contributed by atoms with E-state index in [4.69, 9.17) is 4.74 Å². The topological polar surface area (TPSA) is 75.7 Å². The largest absolute Gasteiger partial charge is 0.462 e. The van der Waals surface area contributed by atoms with Gasteiger partial charge in [-0.05, 0) is 37.6 Å². The Balaban J connectivity index is 1.85. The van der Waals surface area contributed by atoms with Gasteiger partial charge in [0.15, 0.2) is 0 Å². The summed E-state index contributed by atoms with van der Waals surface area (Å²) in [7, 11) is 0. The zero-order valence-electron chi connectivity index (χ0n) is 14.7. The second kappa shape index (κ2) is 7.39. The van der Waals surface area contributed by atoms with Gasteiger partial charge in [-0.2, -0.15) is 0 Å². The Labute approximate surface area is 151 Å². The molecule has 2 aromatic rings. The van der Waals surface area contributed by atoms with E-state index in [1.165, 1.54) is 4.90 Å². The molecule has 26 heavy (non-hydrogen) atoms. The minimum Gasteiger partial charge on any atom is -0.462 e. The maximum atomic E-state index is 12.8. The van der Waals surface area contributed by atoms with Crippen LogP contribution in [-0.2, 0) is 14.3 Å². The molecule has 0 aliphatic carbocycles. The Morgan fingerprint density at radius 2 is 1.85 bits per heavy atom. The molecule has 1 saturated heterocycles. The molecule has 0 spiro atoms. The summed E-state index contributed by atoms with van der Waals surface area (Å²) in [5.41, 5.74) is 2.25. The van der Waals surface area contributed by atoms with Crippen molar-refractivity contribution in [2.75, 3.05) is 16.8 Å². The molecule has 134 valence electrons. The van der Waals surface area contributed by atoms with Crippen molar-refractivity contribution in [2.45, 2.75) is 26.3 Å². The van der Waals surface area contributed by atoms with Crippen LogP contribution in [-0.4, -0.2) is 30.4 Å². The molecule has 0 unspecified atom stereocenters. The van der Waals surface area contributed by atoms with E-state index in [1.54, 1.807) is 43.3 Å². The number of esters is 1. The predicted molar refractivity (Wildman–Crippen MR) is 98.1 cm³/mol. The van der Waals surface area contributed by atoms with E-state index in [0.717, 1.165) is 5.56 Å². The third kappa shape index (κ3) is 3.31. The first-order valence-corrected chi connectivity index (χ1v) is 8.48. The third-order valence-corrected chi connectivity index (χ3v) is 4.26. The van der Waals surface area contributed by atoms with E-state index in [2.05, 4.69) is 5.32 Å². The number of anilines is 2. The molecular weight excluding hydrogens is 332 g/mol. The highest BCUT2D eigenvalue weighted by molar-refractivity contribution is 6.23. The average Bonchev–Trinajstić information content (AvgIpc) is 2.90. The van der Waals surface area contributed by atoms with E-state index in [9.17, 15) is 14.4 Å². The number of imide groups is 1. The lowest BCUT2D eigenvalue weighted by Crippen LogP contribution is -2.35. The summed E-state index contributed by atoms with van der Waals surface area (Å²) in [6.07, 6.45) is 0.0321. The minimum absolute atomic E-state index is 0.0321. The average molecular weight is 352 g/mol. The number of ether oxygens (including phenoxy) is 1. The van der Waals surface area contributed by atoms with E-state index in [0.29, 0.717) is 16.9 Å². The second-order valence-corrected chi connectivity index (χ2v) is 6.02. The lowest BCUT2D eigenvalue weighted by atomic mass is 10.1. The molecule has 1 N–H and O–H groups in total. The molecule has 6 heteroatoms. The molecule has 0 saturated carbocycles. The van der Waals surface area contributed by atoms with Gasteiger partial charge in [-0.3, -0.25) is 9.59 Å². The Bertz CT molecular complexity index is 862. The minimum atomic E-state index is -0.724. The summed E-state index contributed by atoms with van der Waals surface area (Å²) in [6, 6.07) is 13.3. The SMILES string of the molecule is CCOC(=O)c1ccccc1N[C@H]1CC(=O)N(c2ccccc2C)C1=O. The van der Waals surface area contributed by atoms with Crippen LogP contribution in [0.2, 0.25) is 0 Å². The van der Waals surface area contributed by atoms with Crippen LogP contribution >= 0.6 is 0 Å². The molecule has 1 atom stereocenters. The molecule has 2 aromatic carbocycles. The first-order valence-electron chi connectivity index (χ1n) is 8.48. The molecule has 3 rings (SSSR count). The van der Waals surface area contributed by atoms with E-state index < -0.39 is 12.0 Å². The number of hydrogen-bond donors (Lipinski definition) is 1. The number of para-hydroxylation sites is 2. The van der Waals surface area contributed by atoms with E-state index in [-0.39, 0.29) is 24.8 Å². The van der Waals surface area contributed by atoms with Gasteiger partial charge in [-0.15, -0.1) is 0 Å². The molecule has 1 fully saturated rings. The van der Waals surface area contributed by atoms with Crippen molar-refractivity contribution in [1.29, 1.82) is 0 Å². The van der Waals surface area contributed by atoms with Gasteiger partial charge in [0.1, 0.15) is 6.04 Å². The number of carbonyl (C=O) groups excluding carboxylic acids is 3. The van der Waals surface area contributed by atoms with Gasteiger partial charge in [-0.1, -0.05) is 30.3 Å². The van der Waals surface area contributed by atoms with Crippen molar-refractivity contribution in [3.63, 3.8) is 0 Å². The first-order chi connectivity index (χ1) is 12.5. The summed E-state index contributed by atoms with van der Waals surface area (Å²) >= 11 is 0. The number of carbonyl (C=O) groups is 3. The highest BCUT2D eigenvalue weighted by Crippen LogP contribution is 2.28. The number of nitrogens with zero attached hydrogens (tertiary/aromatic N) is 1. The highest BCUT2D eigenvalue weighted by atomic mass is 16.5. The van der Waals surface area contributed by atoms with Crippen LogP contribution in [0, 0.1) is 6.92 Å². The number of aryl methyl sites for hydroxylation is 1. The summed E-state index contributed by atoms with van der Waals surface area (Å²) in [5, 5.41) is 3.04. The summed E-state index contributed by atoms with van der Waals surface area (Å²) in [5.74, 6) is -1.07. The maximum Gasteiger partial charge on any atom is 0.340 e. The number of amides is 2. The third-order valence-electron chi connectivity index (χ3n) is 4.26. The first kappa shape index (κ1) is 17.7. The normalized spacial score (nSPS) is 16.7. The molecule has 6 nitrogen and oxygen atoms in total. The summed E-state index contributed by atoms with van der Waals surface area (Å²) in [6.45, 7) is 3.84. The molecule has 1 heterocycles. The van der Waals surface area contributed by atoms with Crippen LogP contribution in [0.1, 0.15) is 29.3 Å². The van der Waals surface area contributed by atoms with Gasteiger partial charge in [-0.25, -0.2) is 9.69 Å². The van der Waals surface area contributed by atoms with Gasteiger partial charge in [0.2, 0.25) is 5.91 Å². The van der Waals surface area contributed by atoms with Crippen LogP contribution in [0.25, 0.3) is 0 Å². The molecule has 0 radical (unpaired) electrons. The summed E-state index contributed by atoms with van der Waals surface area (Å²) < 4.78 is 5.05. The van der Waals surface area contributed by atoms with E-state index >= 15 is 0 Å². The van der Waals surface area contributed by atoms with Crippen molar-refractivity contribution >= 4 is 29.2 Å². The van der Waals surface area contributed by atoms with Crippen LogP contribution in [0.3, 0.4) is 0 Å². The van der Waals surface area contributed by atoms with Crippen LogP contribution in [0.5, 0.6) is 0 Å². The lowest BCUT2D eigenvalue weighted by molar-refractivity contribution is -0.121. The number of benzene rings is 2. The summed E-state index contributed by atoms with van der Waals surface area (Å²) in [4.78, 5) is 38.5. The Kier molecular flexibility index (Phi) is 5.02. The predicted octanol–water partition coefficient (Wildman–Crippen LogP) is 2.92. The van der Waals surface area contributed by atoms with Crippen molar-refractivity contribution in [3.8, 4) is 0 Å². The molecule has 0 bridgehead atoms. The number of rotatable bonds is 5. The Morgan fingerprint density at radius 1 is 1.15 bits per heavy atom. The molecular formula is C20H20N2O4. The lowest BCUT2D eigenvalue weighted by Gasteiger charge is -2.18.